The molecule has 0 radical (unpaired) electrons. The molecule has 0 aliphatic carbocycles. The summed E-state index contributed by atoms with van der Waals surface area (Å²) in [5.74, 6) is 0. The molecule has 2 nitrogen and oxygen atoms in total. The highest BCUT2D eigenvalue weighted by molar-refractivity contribution is 7.27. The normalized spacial score (nSPS) is 9.50. The van der Waals surface area contributed by atoms with Crippen molar-refractivity contribution in [3.05, 3.63) is 23.8 Å². The highest BCUT2D eigenvalue weighted by Crippen LogP contribution is 2.08. The van der Waals surface area contributed by atoms with Crippen LogP contribution >= 0.6 is 9.24 Å². The van der Waals surface area contributed by atoms with Crippen molar-refractivity contribution < 1.29 is 5.21 Å². The van der Waals surface area contributed by atoms with Crippen LogP contribution in [0.25, 0.3) is 0 Å². The first-order valence-corrected chi connectivity index (χ1v) is 3.58. The predicted octanol–water partition coefficient (Wildman–Crippen LogP) is 1.30. The number of nitrogens with one attached hydrogen (secondary N) is 1. The van der Waals surface area contributed by atoms with Gasteiger partial charge in [-0.2, -0.15) is 0 Å². The van der Waals surface area contributed by atoms with Crippen LogP contribution in [0.15, 0.2) is 18.2 Å². The van der Waals surface area contributed by atoms with E-state index < -0.39 is 0 Å². The van der Waals surface area contributed by atoms with Gasteiger partial charge in [0.05, 0.1) is 5.69 Å². The van der Waals surface area contributed by atoms with E-state index in [9.17, 15) is 0 Å². The molecule has 1 rings (SSSR count). The van der Waals surface area contributed by atoms with Crippen LogP contribution < -0.4 is 10.8 Å². The lowest BCUT2D eigenvalue weighted by atomic mass is 10.2. The van der Waals surface area contributed by atoms with Gasteiger partial charge in [-0.15, -0.1) is 9.24 Å². The molecular formula is C7H10NOP. The van der Waals surface area contributed by atoms with Crippen molar-refractivity contribution in [2.24, 2.45) is 0 Å². The molecule has 0 heterocycles. The molecule has 0 aliphatic rings. The minimum atomic E-state index is 0.726. The lowest BCUT2D eigenvalue weighted by molar-refractivity contribution is 0.389. The summed E-state index contributed by atoms with van der Waals surface area (Å²) >= 11 is 0. The van der Waals surface area contributed by atoms with E-state index in [1.165, 1.54) is 0 Å². The van der Waals surface area contributed by atoms with Crippen molar-refractivity contribution in [1.29, 1.82) is 0 Å². The van der Waals surface area contributed by atoms with Crippen LogP contribution in [-0.4, -0.2) is 5.21 Å². The quantitative estimate of drug-likeness (QED) is 0.473. The summed E-state index contributed by atoms with van der Waals surface area (Å²) in [7, 11) is 2.62. The Morgan fingerprint density at radius 1 is 1.50 bits per heavy atom. The molecule has 10 heavy (non-hydrogen) atoms. The van der Waals surface area contributed by atoms with E-state index in [1.54, 1.807) is 0 Å². The van der Waals surface area contributed by atoms with E-state index in [1.807, 2.05) is 25.1 Å². The Kier molecular flexibility index (Phi) is 2.25. The first kappa shape index (κ1) is 7.52. The molecule has 0 fully saturated rings. The van der Waals surface area contributed by atoms with Crippen LogP contribution in [0.1, 0.15) is 5.56 Å². The minimum Gasteiger partial charge on any atom is -0.291 e. The van der Waals surface area contributed by atoms with Crippen LogP contribution in [0.4, 0.5) is 5.69 Å². The van der Waals surface area contributed by atoms with Crippen molar-refractivity contribution in [2.45, 2.75) is 6.92 Å². The van der Waals surface area contributed by atoms with E-state index in [2.05, 4.69) is 14.7 Å². The van der Waals surface area contributed by atoms with Crippen molar-refractivity contribution >= 4 is 20.2 Å². The summed E-state index contributed by atoms with van der Waals surface area (Å²) in [6.45, 7) is 1.99. The second-order valence-corrected chi connectivity index (χ2v) is 2.81. The van der Waals surface area contributed by atoms with E-state index in [0.717, 1.165) is 16.6 Å². The highest BCUT2D eigenvalue weighted by Gasteiger charge is 1.92. The summed E-state index contributed by atoms with van der Waals surface area (Å²) in [5, 5.41) is 9.65. The van der Waals surface area contributed by atoms with Gasteiger partial charge in [-0.25, -0.2) is 0 Å². The maximum absolute atomic E-state index is 8.50. The fraction of sp³-hybridized carbons (Fsp3) is 0.143. The Balaban J connectivity index is 3.04. The molecule has 0 aromatic heterocycles. The lowest BCUT2D eigenvalue weighted by Gasteiger charge is -2.01. The summed E-state index contributed by atoms with van der Waals surface area (Å²) in [5.41, 5.74) is 3.95. The molecule has 0 saturated carbocycles. The monoisotopic (exact) mass is 155 g/mol. The fourth-order valence-electron chi connectivity index (χ4n) is 0.745. The van der Waals surface area contributed by atoms with Gasteiger partial charge in [0.2, 0.25) is 0 Å². The average Bonchev–Trinajstić information content (AvgIpc) is 1.95. The van der Waals surface area contributed by atoms with Gasteiger partial charge in [0, 0.05) is 0 Å². The van der Waals surface area contributed by atoms with Crippen LogP contribution in [0, 0.1) is 6.92 Å². The third kappa shape index (κ3) is 1.47. The van der Waals surface area contributed by atoms with Crippen molar-refractivity contribution in [2.75, 3.05) is 5.48 Å². The molecule has 0 saturated heterocycles. The maximum Gasteiger partial charge on any atom is 0.0605 e. The van der Waals surface area contributed by atoms with Gasteiger partial charge in [-0.05, 0) is 29.9 Å². The van der Waals surface area contributed by atoms with Gasteiger partial charge in [0.1, 0.15) is 0 Å². The fourth-order valence-corrected chi connectivity index (χ4v) is 0.925. The largest absolute Gasteiger partial charge is 0.291 e. The Bertz CT molecular complexity index is 237. The Hall–Kier alpha value is -0.590. The molecule has 2 N–H and O–H groups in total. The topological polar surface area (TPSA) is 32.3 Å². The second-order valence-electron chi connectivity index (χ2n) is 2.18. The zero-order valence-corrected chi connectivity index (χ0v) is 6.91. The van der Waals surface area contributed by atoms with Crippen LogP contribution in [0.5, 0.6) is 0 Å². The first-order chi connectivity index (χ1) is 4.74. The number of anilines is 1. The number of hydrogen-bond acceptors (Lipinski definition) is 2. The summed E-state index contributed by atoms with van der Waals surface area (Å²) in [6, 6.07) is 5.62. The third-order valence-electron chi connectivity index (χ3n) is 1.40. The number of hydrogen-bond donors (Lipinski definition) is 2. The SMILES string of the molecule is Cc1cc(NO)ccc1P. The molecule has 1 aromatic rings. The maximum atomic E-state index is 8.50. The van der Waals surface area contributed by atoms with Gasteiger partial charge >= 0.3 is 0 Å². The van der Waals surface area contributed by atoms with Gasteiger partial charge < -0.3 is 0 Å². The van der Waals surface area contributed by atoms with Gasteiger partial charge in [-0.1, -0.05) is 6.07 Å². The summed E-state index contributed by atoms with van der Waals surface area (Å²) in [4.78, 5) is 0. The van der Waals surface area contributed by atoms with Crippen LogP contribution in [0.2, 0.25) is 0 Å². The molecule has 54 valence electrons. The van der Waals surface area contributed by atoms with Gasteiger partial charge in [0.25, 0.3) is 0 Å². The van der Waals surface area contributed by atoms with E-state index in [0.29, 0.717) is 0 Å². The standard InChI is InChI=1S/C7H10NOP/c1-5-4-6(8-9)2-3-7(5)10/h2-4,8-9H,10H2,1H3. The summed E-state index contributed by atoms with van der Waals surface area (Å²) < 4.78 is 0. The zero-order valence-electron chi connectivity index (χ0n) is 5.76. The Morgan fingerprint density at radius 2 is 2.20 bits per heavy atom. The zero-order chi connectivity index (χ0) is 7.56. The number of aryl methyl sites for hydroxylation is 1. The average molecular weight is 155 g/mol. The van der Waals surface area contributed by atoms with Crippen molar-refractivity contribution in [3.63, 3.8) is 0 Å². The Morgan fingerprint density at radius 3 is 2.70 bits per heavy atom. The second kappa shape index (κ2) is 3.00. The molecule has 1 unspecified atom stereocenters. The minimum absolute atomic E-state index is 0.726. The number of benzene rings is 1. The predicted molar refractivity (Wildman–Crippen MR) is 45.9 cm³/mol. The smallest absolute Gasteiger partial charge is 0.0605 e. The third-order valence-corrected chi connectivity index (χ3v) is 2.05. The first-order valence-electron chi connectivity index (χ1n) is 3.00. The molecule has 1 atom stereocenters. The number of rotatable bonds is 1. The molecule has 0 spiro atoms. The van der Waals surface area contributed by atoms with E-state index in [4.69, 9.17) is 5.21 Å². The van der Waals surface area contributed by atoms with E-state index >= 15 is 0 Å². The van der Waals surface area contributed by atoms with Gasteiger partial charge in [-0.3, -0.25) is 10.7 Å². The van der Waals surface area contributed by atoms with Crippen molar-refractivity contribution in [1.82, 2.24) is 0 Å². The molecule has 3 heteroatoms. The molecule has 0 aliphatic heterocycles. The van der Waals surface area contributed by atoms with Crippen LogP contribution in [-0.2, 0) is 0 Å². The summed E-state index contributed by atoms with van der Waals surface area (Å²) in [6.07, 6.45) is 0. The molecule has 0 bridgehead atoms. The van der Waals surface area contributed by atoms with Gasteiger partial charge in [0.15, 0.2) is 0 Å². The van der Waals surface area contributed by atoms with Crippen LogP contribution in [0.3, 0.4) is 0 Å². The molecule has 0 amide bonds. The molecule has 1 aromatic carbocycles. The Labute approximate surface area is 62.4 Å². The van der Waals surface area contributed by atoms with E-state index in [-0.39, 0.29) is 0 Å². The van der Waals surface area contributed by atoms with Crippen molar-refractivity contribution in [3.8, 4) is 0 Å². The molecular weight excluding hydrogens is 145 g/mol. The lowest BCUT2D eigenvalue weighted by Crippen LogP contribution is -1.98. The highest BCUT2D eigenvalue weighted by atomic mass is 31.0.